The van der Waals surface area contributed by atoms with Crippen molar-refractivity contribution in [3.05, 3.63) is 59.8 Å². The van der Waals surface area contributed by atoms with E-state index in [1.807, 2.05) is 24.3 Å². The highest BCUT2D eigenvalue weighted by molar-refractivity contribution is 5.95. The summed E-state index contributed by atoms with van der Waals surface area (Å²) in [4.78, 5) is 4.79. The SMILES string of the molecule is Oc1cccc(Nc2c3c(nc4ccccc24)CCC3)c1. The van der Waals surface area contributed by atoms with Crippen molar-refractivity contribution >= 4 is 22.3 Å². The second kappa shape index (κ2) is 4.77. The van der Waals surface area contributed by atoms with Crippen LogP contribution in [0.2, 0.25) is 0 Å². The smallest absolute Gasteiger partial charge is 0.117 e. The minimum atomic E-state index is 0.273. The summed E-state index contributed by atoms with van der Waals surface area (Å²) >= 11 is 0. The lowest BCUT2D eigenvalue weighted by Crippen LogP contribution is -1.99. The summed E-state index contributed by atoms with van der Waals surface area (Å²) in [6.45, 7) is 0. The number of hydrogen-bond donors (Lipinski definition) is 2. The molecule has 1 aliphatic carbocycles. The van der Waals surface area contributed by atoms with Crippen LogP contribution in [0.3, 0.4) is 0 Å². The molecular formula is C18H16N2O. The quantitative estimate of drug-likeness (QED) is 0.738. The molecule has 3 heteroatoms. The molecule has 1 aromatic heterocycles. The van der Waals surface area contributed by atoms with Gasteiger partial charge in [-0.05, 0) is 43.0 Å². The van der Waals surface area contributed by atoms with Crippen molar-refractivity contribution in [2.75, 3.05) is 5.32 Å². The van der Waals surface area contributed by atoms with Gasteiger partial charge in [0.25, 0.3) is 0 Å². The Balaban J connectivity index is 1.90. The number of aromatic hydroxyl groups is 1. The zero-order valence-corrected chi connectivity index (χ0v) is 11.6. The summed E-state index contributed by atoms with van der Waals surface area (Å²) in [5, 5.41) is 14.3. The summed E-state index contributed by atoms with van der Waals surface area (Å²) < 4.78 is 0. The second-order valence-electron chi connectivity index (χ2n) is 5.46. The van der Waals surface area contributed by atoms with Gasteiger partial charge in [0.05, 0.1) is 11.2 Å². The first-order valence-electron chi connectivity index (χ1n) is 7.28. The number of fused-ring (bicyclic) bond motifs is 2. The predicted molar refractivity (Wildman–Crippen MR) is 85.2 cm³/mol. The molecule has 0 bridgehead atoms. The fourth-order valence-corrected chi connectivity index (χ4v) is 3.08. The third-order valence-corrected chi connectivity index (χ3v) is 4.03. The van der Waals surface area contributed by atoms with Crippen LogP contribution in [0.5, 0.6) is 5.75 Å². The number of hydrogen-bond acceptors (Lipinski definition) is 3. The Hall–Kier alpha value is -2.55. The van der Waals surface area contributed by atoms with E-state index < -0.39 is 0 Å². The van der Waals surface area contributed by atoms with Crippen LogP contribution in [0.4, 0.5) is 11.4 Å². The van der Waals surface area contributed by atoms with Crippen LogP contribution in [0, 0.1) is 0 Å². The number of aromatic nitrogens is 1. The standard InChI is InChI=1S/C18H16N2O/c21-13-6-3-5-12(11-13)19-18-14-7-1-2-9-16(14)20-17-10-4-8-15(17)18/h1-3,5-7,9,11,21H,4,8,10H2,(H,19,20). The van der Waals surface area contributed by atoms with Crippen molar-refractivity contribution in [2.45, 2.75) is 19.3 Å². The number of nitrogens with one attached hydrogen (secondary N) is 1. The van der Waals surface area contributed by atoms with Crippen LogP contribution in [0.15, 0.2) is 48.5 Å². The van der Waals surface area contributed by atoms with Gasteiger partial charge in [-0.2, -0.15) is 0 Å². The van der Waals surface area contributed by atoms with E-state index in [4.69, 9.17) is 4.98 Å². The normalized spacial score (nSPS) is 13.3. The fraction of sp³-hybridized carbons (Fsp3) is 0.167. The van der Waals surface area contributed by atoms with E-state index in [0.29, 0.717) is 0 Å². The largest absolute Gasteiger partial charge is 0.508 e. The van der Waals surface area contributed by atoms with Crippen LogP contribution >= 0.6 is 0 Å². The fourth-order valence-electron chi connectivity index (χ4n) is 3.08. The molecule has 1 aliphatic rings. The number of para-hydroxylation sites is 1. The van der Waals surface area contributed by atoms with Crippen molar-refractivity contribution in [3.63, 3.8) is 0 Å². The Labute approximate surface area is 123 Å². The van der Waals surface area contributed by atoms with Crippen LogP contribution in [0.1, 0.15) is 17.7 Å². The Bertz CT molecular complexity index is 827. The first-order chi connectivity index (χ1) is 10.3. The molecular weight excluding hydrogens is 260 g/mol. The lowest BCUT2D eigenvalue weighted by atomic mass is 10.1. The molecule has 3 nitrogen and oxygen atoms in total. The van der Waals surface area contributed by atoms with Crippen molar-refractivity contribution in [1.82, 2.24) is 4.98 Å². The summed E-state index contributed by atoms with van der Waals surface area (Å²) in [5.74, 6) is 0.273. The Morgan fingerprint density at radius 3 is 2.81 bits per heavy atom. The Morgan fingerprint density at radius 1 is 1.00 bits per heavy atom. The molecule has 0 saturated heterocycles. The number of phenolic OH excluding ortho intramolecular Hbond substituents is 1. The van der Waals surface area contributed by atoms with Crippen LogP contribution < -0.4 is 5.32 Å². The van der Waals surface area contributed by atoms with E-state index in [-0.39, 0.29) is 5.75 Å². The monoisotopic (exact) mass is 276 g/mol. The van der Waals surface area contributed by atoms with Gasteiger partial charge in [-0.3, -0.25) is 4.98 Å². The summed E-state index contributed by atoms with van der Waals surface area (Å²) in [7, 11) is 0. The van der Waals surface area contributed by atoms with Crippen molar-refractivity contribution in [3.8, 4) is 5.75 Å². The Kier molecular flexibility index (Phi) is 2.78. The van der Waals surface area contributed by atoms with E-state index in [9.17, 15) is 5.11 Å². The van der Waals surface area contributed by atoms with Gasteiger partial charge in [0, 0.05) is 22.8 Å². The van der Waals surface area contributed by atoms with E-state index in [1.54, 1.807) is 12.1 Å². The van der Waals surface area contributed by atoms with Gasteiger partial charge >= 0.3 is 0 Å². The molecule has 1 heterocycles. The molecule has 0 radical (unpaired) electrons. The molecule has 21 heavy (non-hydrogen) atoms. The summed E-state index contributed by atoms with van der Waals surface area (Å²) in [6.07, 6.45) is 3.27. The maximum absolute atomic E-state index is 9.65. The average molecular weight is 276 g/mol. The highest BCUT2D eigenvalue weighted by Crippen LogP contribution is 2.36. The zero-order valence-electron chi connectivity index (χ0n) is 11.6. The van der Waals surface area contributed by atoms with Crippen LogP contribution in [0.25, 0.3) is 10.9 Å². The van der Waals surface area contributed by atoms with E-state index in [1.165, 1.54) is 11.3 Å². The molecule has 0 saturated carbocycles. The van der Waals surface area contributed by atoms with Gasteiger partial charge in [0.2, 0.25) is 0 Å². The number of anilines is 2. The molecule has 2 N–H and O–H groups in total. The van der Waals surface area contributed by atoms with E-state index in [0.717, 1.165) is 41.5 Å². The van der Waals surface area contributed by atoms with Gasteiger partial charge in [-0.25, -0.2) is 0 Å². The average Bonchev–Trinajstić information content (AvgIpc) is 2.95. The van der Waals surface area contributed by atoms with Crippen molar-refractivity contribution < 1.29 is 5.11 Å². The maximum Gasteiger partial charge on any atom is 0.117 e. The van der Waals surface area contributed by atoms with Gasteiger partial charge in [0.15, 0.2) is 0 Å². The zero-order chi connectivity index (χ0) is 14.2. The molecule has 0 atom stereocenters. The molecule has 2 aromatic carbocycles. The van der Waals surface area contributed by atoms with Crippen molar-refractivity contribution in [1.29, 1.82) is 0 Å². The number of pyridine rings is 1. The minimum absolute atomic E-state index is 0.273. The van der Waals surface area contributed by atoms with Crippen LogP contribution in [-0.2, 0) is 12.8 Å². The third kappa shape index (κ3) is 2.11. The topological polar surface area (TPSA) is 45.1 Å². The van der Waals surface area contributed by atoms with E-state index in [2.05, 4.69) is 17.4 Å². The molecule has 0 fully saturated rings. The number of phenols is 1. The van der Waals surface area contributed by atoms with Crippen molar-refractivity contribution in [2.24, 2.45) is 0 Å². The molecule has 0 spiro atoms. The van der Waals surface area contributed by atoms with Gasteiger partial charge < -0.3 is 10.4 Å². The highest BCUT2D eigenvalue weighted by Gasteiger charge is 2.19. The number of aryl methyl sites for hydroxylation is 1. The first-order valence-corrected chi connectivity index (χ1v) is 7.28. The molecule has 0 aliphatic heterocycles. The lowest BCUT2D eigenvalue weighted by molar-refractivity contribution is 0.475. The van der Waals surface area contributed by atoms with Gasteiger partial charge in [-0.15, -0.1) is 0 Å². The summed E-state index contributed by atoms with van der Waals surface area (Å²) in [5.41, 5.74) is 5.59. The molecule has 104 valence electrons. The highest BCUT2D eigenvalue weighted by atomic mass is 16.3. The molecule has 4 rings (SSSR count). The lowest BCUT2D eigenvalue weighted by Gasteiger charge is -2.14. The number of nitrogens with zero attached hydrogens (tertiary/aromatic N) is 1. The van der Waals surface area contributed by atoms with E-state index >= 15 is 0 Å². The first kappa shape index (κ1) is 12.2. The molecule has 0 amide bonds. The van der Waals surface area contributed by atoms with Gasteiger partial charge in [-0.1, -0.05) is 24.3 Å². The second-order valence-corrected chi connectivity index (χ2v) is 5.46. The number of benzene rings is 2. The van der Waals surface area contributed by atoms with Gasteiger partial charge in [0.1, 0.15) is 5.75 Å². The number of rotatable bonds is 2. The Morgan fingerprint density at radius 2 is 1.90 bits per heavy atom. The molecule has 3 aromatic rings. The van der Waals surface area contributed by atoms with Crippen LogP contribution in [-0.4, -0.2) is 10.1 Å². The predicted octanol–water partition coefficient (Wildman–Crippen LogP) is 4.17. The minimum Gasteiger partial charge on any atom is -0.508 e. The molecule has 0 unspecified atom stereocenters. The third-order valence-electron chi connectivity index (χ3n) is 4.03. The summed E-state index contributed by atoms with van der Waals surface area (Å²) in [6, 6.07) is 15.5. The maximum atomic E-state index is 9.65.